The van der Waals surface area contributed by atoms with Crippen LogP contribution in [0.15, 0.2) is 66.7 Å². The van der Waals surface area contributed by atoms with Gasteiger partial charge in [0.25, 0.3) is 6.29 Å². The van der Waals surface area contributed by atoms with Crippen LogP contribution in [0.1, 0.15) is 80.1 Å². The number of aliphatic hydroxyl groups excluding tert-OH is 1. The molecule has 19 N–H and O–H groups in total. The molecule has 35 heteroatoms. The summed E-state index contributed by atoms with van der Waals surface area (Å²) in [5, 5.41) is 202. The Morgan fingerprint density at radius 1 is 0.478 bits per heavy atom. The van der Waals surface area contributed by atoms with Crippen LogP contribution in [0.2, 0.25) is 0 Å². The molecule has 0 saturated carbocycles. The zero-order valence-electron chi connectivity index (χ0n) is 44.3. The summed E-state index contributed by atoms with van der Waals surface area (Å²) in [6.07, 6.45) is -15.3. The number of Topliss-reactive ketones (excluding diaryl/α,β-unsaturated/α-hetero) is 2. The number of fused-ring (bicyclic) bond motifs is 1. The van der Waals surface area contributed by atoms with Gasteiger partial charge in [0.05, 0.1) is 34.6 Å². The molecule has 90 heavy (non-hydrogen) atoms. The zero-order chi connectivity index (χ0) is 66.2. The van der Waals surface area contributed by atoms with E-state index in [9.17, 15) is 121 Å². The maximum absolute atomic E-state index is 16.4. The van der Waals surface area contributed by atoms with Gasteiger partial charge in [-0.3, -0.25) is 19.2 Å². The van der Waals surface area contributed by atoms with Crippen LogP contribution in [-0.4, -0.2) is 193 Å². The van der Waals surface area contributed by atoms with Crippen LogP contribution in [0.4, 0.5) is 0 Å². The van der Waals surface area contributed by atoms with Gasteiger partial charge in [-0.05, 0) is 66.7 Å². The number of phenolic OH excluding ortho intramolecular Hbond substituents is 17. The van der Waals surface area contributed by atoms with Crippen molar-refractivity contribution >= 4 is 53.4 Å². The summed E-state index contributed by atoms with van der Waals surface area (Å²) in [5.74, 6) is -50.3. The van der Waals surface area contributed by atoms with E-state index in [0.29, 0.717) is 36.4 Å². The van der Waals surface area contributed by atoms with Gasteiger partial charge in [0.1, 0.15) is 12.7 Å². The van der Waals surface area contributed by atoms with E-state index >= 15 is 19.2 Å². The van der Waals surface area contributed by atoms with Gasteiger partial charge in [-0.25, -0.2) is 24.0 Å². The first-order chi connectivity index (χ1) is 42.1. The van der Waals surface area contributed by atoms with Crippen LogP contribution < -0.4 is 4.74 Å². The van der Waals surface area contributed by atoms with Gasteiger partial charge < -0.3 is 130 Å². The number of carbonyl (C=O) groups excluding carboxylic acids is 8. The van der Waals surface area contributed by atoms with Crippen LogP contribution in [0.25, 0.3) is 0 Å². The highest BCUT2D eigenvalue weighted by Gasteiger charge is 2.84. The summed E-state index contributed by atoms with van der Waals surface area (Å²) in [6.45, 7) is -1.82. The molecule has 35 nitrogen and oxygen atoms in total. The zero-order valence-corrected chi connectivity index (χ0v) is 44.3. The second kappa shape index (κ2) is 22.4. The molecular weight excluding hydrogens is 1220 g/mol. The quantitative estimate of drug-likeness (QED) is 0.0179. The van der Waals surface area contributed by atoms with Gasteiger partial charge in [0.2, 0.25) is 34.6 Å². The maximum atomic E-state index is 16.4. The molecule has 6 aromatic rings. The molecule has 470 valence electrons. The molecular formula is C55H40O35. The van der Waals surface area contributed by atoms with Crippen molar-refractivity contribution < 1.29 is 173 Å². The molecule has 7 atom stereocenters. The summed E-state index contributed by atoms with van der Waals surface area (Å²) >= 11 is 0. The van der Waals surface area contributed by atoms with Crippen molar-refractivity contribution in [3.8, 4) is 103 Å². The van der Waals surface area contributed by atoms with Crippen LogP contribution >= 0.6 is 0 Å². The van der Waals surface area contributed by atoms with Gasteiger partial charge in [0, 0.05) is 22.6 Å². The Bertz CT molecular complexity index is 3960. The van der Waals surface area contributed by atoms with Crippen LogP contribution in [0, 0.1) is 5.92 Å². The molecule has 0 aromatic heterocycles. The number of carbonyl (C=O) groups is 9. The summed E-state index contributed by atoms with van der Waals surface area (Å²) < 4.78 is 39.5. The molecule has 1 fully saturated rings. The first-order valence-electron chi connectivity index (χ1n) is 24.9. The first-order valence-corrected chi connectivity index (χ1v) is 24.9. The Morgan fingerprint density at radius 3 is 1.24 bits per heavy atom. The van der Waals surface area contributed by atoms with E-state index in [1.165, 1.54) is 0 Å². The lowest BCUT2D eigenvalue weighted by Crippen LogP contribution is -2.88. The largest absolute Gasteiger partial charge is 0.504 e. The van der Waals surface area contributed by atoms with E-state index in [-0.39, 0.29) is 30.3 Å². The van der Waals surface area contributed by atoms with Crippen molar-refractivity contribution in [2.75, 3.05) is 6.61 Å². The van der Waals surface area contributed by atoms with Gasteiger partial charge in [0.15, 0.2) is 104 Å². The number of ether oxygens (including phenoxy) is 7. The number of hydrogen-bond donors (Lipinski definition) is 19. The number of carboxylic acids is 1. The Kier molecular flexibility index (Phi) is 15.4. The van der Waals surface area contributed by atoms with Gasteiger partial charge in [-0.15, -0.1) is 0 Å². The molecule has 1 saturated heterocycles. The predicted octanol–water partition coefficient (Wildman–Crippen LogP) is 0.758. The number of rotatable bonds is 14. The number of cyclic esters (lactones) is 1. The lowest BCUT2D eigenvalue weighted by atomic mass is 9.61. The molecule has 9 rings (SSSR count). The number of esters is 6. The number of ketones is 2. The predicted molar refractivity (Wildman–Crippen MR) is 276 cm³/mol. The molecule has 0 radical (unpaired) electrons. The maximum Gasteiger partial charge on any atom is 0.341 e. The summed E-state index contributed by atoms with van der Waals surface area (Å²) in [7, 11) is 0. The second-order valence-electron chi connectivity index (χ2n) is 19.7. The van der Waals surface area contributed by atoms with Crippen molar-refractivity contribution in [3.63, 3.8) is 0 Å². The Morgan fingerprint density at radius 2 is 0.844 bits per heavy atom. The lowest BCUT2D eigenvalue weighted by molar-refractivity contribution is -0.352. The minimum atomic E-state index is -4.52. The van der Waals surface area contributed by atoms with Crippen molar-refractivity contribution in [2.45, 2.75) is 48.1 Å². The van der Waals surface area contributed by atoms with Crippen molar-refractivity contribution in [3.05, 3.63) is 106 Å². The van der Waals surface area contributed by atoms with E-state index in [0.717, 1.165) is 0 Å². The van der Waals surface area contributed by atoms with Gasteiger partial charge in [-0.2, -0.15) is 0 Å². The first kappa shape index (κ1) is 62.0. The highest BCUT2D eigenvalue weighted by molar-refractivity contribution is 6.16. The molecule has 6 aromatic carbocycles. The molecule has 3 aliphatic heterocycles. The number of hydrogen-bond acceptors (Lipinski definition) is 34. The van der Waals surface area contributed by atoms with Crippen LogP contribution in [-0.2, 0) is 42.8 Å². The minimum Gasteiger partial charge on any atom is -0.504 e. The number of benzene rings is 6. The topological polar surface area (TPSA) is 603 Å². The second-order valence-corrected chi connectivity index (χ2v) is 19.7. The molecule has 0 bridgehead atoms. The average Bonchev–Trinajstić information content (AvgIpc) is 0.804. The molecule has 3 heterocycles. The van der Waals surface area contributed by atoms with Gasteiger partial charge in [-0.1, -0.05) is 0 Å². The van der Waals surface area contributed by atoms with Crippen LogP contribution in [0.3, 0.4) is 0 Å². The monoisotopic (exact) mass is 1260 g/mol. The standard InChI is InChI=1S/C55H40O35/c56-21-1-14(2-22(57)36(21)69)44(76)54-32(13-84-47(78)16-5-25(60)38(71)26(61)6-16)89-55(54,45(77)15-3-23(58)37(70)24(59)4-15)46(53(87-48(79)17-7-27(62)39(72)28(63)8-17)88-49(80)18-9-29(64)40(73)30(65)10-18)86-50(81)19-11-31(66)41(74)43-35(19)34(42(75)52(83)85-43)20(12-33(67)68)51(82)90-54/h1-11,20,32,34,42,46,53,56-66,69-75H,12-13H2,(H,67,68). The third-order valence-corrected chi connectivity index (χ3v) is 14.3. The normalized spacial score (nSPS) is 20.9. The van der Waals surface area contributed by atoms with E-state index in [4.69, 9.17) is 33.2 Å². The van der Waals surface area contributed by atoms with E-state index in [2.05, 4.69) is 0 Å². The summed E-state index contributed by atoms with van der Waals surface area (Å²) in [4.78, 5) is 134. The van der Waals surface area contributed by atoms with Crippen molar-refractivity contribution in [1.82, 2.24) is 0 Å². The number of aromatic hydroxyl groups is 17. The Balaban J connectivity index is 1.46. The molecule has 0 amide bonds. The van der Waals surface area contributed by atoms with Gasteiger partial charge >= 0.3 is 41.8 Å². The molecule has 7 unspecified atom stereocenters. The smallest absolute Gasteiger partial charge is 0.341 e. The minimum absolute atomic E-state index is 0.177. The Hall–Kier alpha value is -12.5. The SMILES string of the molecule is O=C(O)CC1C(=O)OC2(C(=O)c3cc(O)c(O)c(O)c3)C(COC(=O)c3cc(O)c(O)c(O)c3)OC2(C(=O)c2cc(O)c(O)c(O)c2)C(C(OC(=O)c2cc(O)c(O)c(O)c2)OC(=O)c2cc(O)c(O)c(O)c2)OC(=O)c2cc(O)c(O)c3c2C1C(O)C(=O)O3. The summed E-state index contributed by atoms with van der Waals surface area (Å²) in [5.41, 5.74) is -17.7. The van der Waals surface area contributed by atoms with E-state index < -0.39 is 256 Å². The molecule has 3 aliphatic rings. The van der Waals surface area contributed by atoms with Crippen molar-refractivity contribution in [2.24, 2.45) is 5.92 Å². The third kappa shape index (κ3) is 10.1. The number of aliphatic hydroxyl groups is 1. The summed E-state index contributed by atoms with van der Waals surface area (Å²) in [6, 6.07) is 3.00. The number of carboxylic acid groups (broad SMARTS) is 1. The molecule has 0 spiro atoms. The lowest BCUT2D eigenvalue weighted by Gasteiger charge is -2.61. The highest BCUT2D eigenvalue weighted by Crippen LogP contribution is 2.58. The van der Waals surface area contributed by atoms with E-state index in [1.54, 1.807) is 0 Å². The van der Waals surface area contributed by atoms with Crippen LogP contribution in [0.5, 0.6) is 103 Å². The average molecular weight is 1260 g/mol. The third-order valence-electron chi connectivity index (χ3n) is 14.3. The fraction of sp³-hybridized carbons (Fsp3) is 0.182. The fourth-order valence-electron chi connectivity index (χ4n) is 10.1. The highest BCUT2D eigenvalue weighted by atomic mass is 16.7. The fourth-order valence-corrected chi connectivity index (χ4v) is 10.1. The van der Waals surface area contributed by atoms with Crippen molar-refractivity contribution in [1.29, 1.82) is 0 Å². The van der Waals surface area contributed by atoms with E-state index in [1.807, 2.05) is 0 Å². The molecule has 0 aliphatic carbocycles. The number of aliphatic carboxylic acids is 1. The Labute approximate surface area is 495 Å². The number of phenols is 17.